The minimum Gasteiger partial charge on any atom is -0.361 e. The van der Waals surface area contributed by atoms with Gasteiger partial charge in [-0.15, -0.1) is 0 Å². The first-order valence-electron chi connectivity index (χ1n) is 9.87. The Balaban J connectivity index is 1.28. The smallest absolute Gasteiger partial charge is 0.253 e. The molecule has 0 aliphatic carbocycles. The average molecular weight is 373 g/mol. The fraction of sp³-hybridized carbons (Fsp3) is 0.304. The van der Waals surface area contributed by atoms with Crippen molar-refractivity contribution < 1.29 is 9.59 Å². The second-order valence-corrected chi connectivity index (χ2v) is 8.01. The Hall–Kier alpha value is -3.08. The van der Waals surface area contributed by atoms with Crippen molar-refractivity contribution in [1.82, 2.24) is 15.2 Å². The molecule has 5 nitrogen and oxygen atoms in total. The Bertz CT molecular complexity index is 1030. The summed E-state index contributed by atoms with van der Waals surface area (Å²) in [5.41, 5.74) is 2.66. The van der Waals surface area contributed by atoms with E-state index < -0.39 is 0 Å². The predicted octanol–water partition coefficient (Wildman–Crippen LogP) is 3.45. The minimum atomic E-state index is -0.182. The van der Waals surface area contributed by atoms with Crippen LogP contribution in [0.5, 0.6) is 0 Å². The second-order valence-electron chi connectivity index (χ2n) is 8.01. The highest BCUT2D eigenvalue weighted by Gasteiger charge is 2.46. The number of aromatic nitrogens is 1. The molecule has 2 aliphatic rings. The normalized spacial score (nSPS) is 21.2. The molecule has 3 aromatic rings. The minimum absolute atomic E-state index is 0.0712. The van der Waals surface area contributed by atoms with E-state index in [0.29, 0.717) is 13.1 Å². The van der Waals surface area contributed by atoms with Crippen LogP contribution in [0.4, 0.5) is 0 Å². The van der Waals surface area contributed by atoms with E-state index in [1.54, 1.807) is 0 Å². The third kappa shape index (κ3) is 2.87. The standard InChI is InChI=1S/C23H23N3O2/c27-21-19(16-4-2-1-3-5-16)15-23(25-21)9-12-26(13-10-23)22(28)18-6-7-20-17(14-18)8-11-24-20/h1-8,11,14,19,24H,9-10,12-13,15H2,(H,25,27)/t19-/m0/s1. The van der Waals surface area contributed by atoms with Gasteiger partial charge in [-0.05, 0) is 49.1 Å². The largest absolute Gasteiger partial charge is 0.361 e. The Morgan fingerprint density at radius 3 is 2.61 bits per heavy atom. The van der Waals surface area contributed by atoms with Gasteiger partial charge in [-0.25, -0.2) is 0 Å². The number of fused-ring (bicyclic) bond motifs is 1. The van der Waals surface area contributed by atoms with Crippen molar-refractivity contribution in [3.8, 4) is 0 Å². The van der Waals surface area contributed by atoms with Crippen LogP contribution in [0.15, 0.2) is 60.8 Å². The van der Waals surface area contributed by atoms with Gasteiger partial charge in [0, 0.05) is 41.3 Å². The molecule has 0 radical (unpaired) electrons. The van der Waals surface area contributed by atoms with Gasteiger partial charge in [-0.2, -0.15) is 0 Å². The van der Waals surface area contributed by atoms with Crippen molar-refractivity contribution in [2.24, 2.45) is 0 Å². The summed E-state index contributed by atoms with van der Waals surface area (Å²) in [5, 5.41) is 4.31. The number of carbonyl (C=O) groups is 2. The average Bonchev–Trinajstić information content (AvgIpc) is 3.32. The van der Waals surface area contributed by atoms with Crippen molar-refractivity contribution in [2.45, 2.75) is 30.7 Å². The van der Waals surface area contributed by atoms with Crippen LogP contribution < -0.4 is 5.32 Å². The van der Waals surface area contributed by atoms with E-state index in [1.807, 2.05) is 65.7 Å². The molecule has 2 saturated heterocycles. The van der Waals surface area contributed by atoms with Gasteiger partial charge in [-0.3, -0.25) is 9.59 Å². The maximum atomic E-state index is 12.9. The highest BCUT2D eigenvalue weighted by molar-refractivity contribution is 5.98. The third-order valence-corrected chi connectivity index (χ3v) is 6.31. The molecule has 2 amide bonds. The first kappa shape index (κ1) is 17.0. The number of likely N-dealkylation sites (tertiary alicyclic amines) is 1. The second kappa shape index (κ2) is 6.51. The molecule has 2 aromatic carbocycles. The summed E-state index contributed by atoms with van der Waals surface area (Å²) in [4.78, 5) is 30.6. The lowest BCUT2D eigenvalue weighted by molar-refractivity contribution is -0.121. The SMILES string of the molecule is O=C1NC2(CCN(C(=O)c3ccc4[nH]ccc4c3)CC2)C[C@H]1c1ccccc1. The number of hydrogen-bond donors (Lipinski definition) is 2. The summed E-state index contributed by atoms with van der Waals surface area (Å²) in [6, 6.07) is 17.8. The molecule has 5 rings (SSSR count). The summed E-state index contributed by atoms with van der Waals surface area (Å²) >= 11 is 0. The summed E-state index contributed by atoms with van der Waals surface area (Å²) in [7, 11) is 0. The van der Waals surface area contributed by atoms with Crippen LogP contribution >= 0.6 is 0 Å². The molecule has 2 N–H and O–H groups in total. The van der Waals surface area contributed by atoms with Gasteiger partial charge in [-0.1, -0.05) is 30.3 Å². The number of amides is 2. The Morgan fingerprint density at radius 1 is 1.04 bits per heavy atom. The summed E-state index contributed by atoms with van der Waals surface area (Å²) in [6.07, 6.45) is 4.31. The van der Waals surface area contributed by atoms with Crippen molar-refractivity contribution in [3.05, 3.63) is 71.9 Å². The third-order valence-electron chi connectivity index (χ3n) is 6.31. The van der Waals surface area contributed by atoms with Crippen LogP contribution in [0.3, 0.4) is 0 Å². The summed E-state index contributed by atoms with van der Waals surface area (Å²) in [6.45, 7) is 1.34. The number of aromatic amines is 1. The molecule has 1 aromatic heterocycles. The fourth-order valence-corrected chi connectivity index (χ4v) is 4.67. The molecule has 0 unspecified atom stereocenters. The van der Waals surface area contributed by atoms with E-state index in [9.17, 15) is 9.59 Å². The molecule has 3 heterocycles. The zero-order valence-corrected chi connectivity index (χ0v) is 15.7. The molecule has 5 heteroatoms. The van der Waals surface area contributed by atoms with Gasteiger partial charge in [0.05, 0.1) is 5.92 Å². The van der Waals surface area contributed by atoms with E-state index in [1.165, 1.54) is 0 Å². The van der Waals surface area contributed by atoms with Gasteiger partial charge in [0.25, 0.3) is 5.91 Å². The van der Waals surface area contributed by atoms with E-state index in [4.69, 9.17) is 0 Å². The van der Waals surface area contributed by atoms with Gasteiger partial charge in [0.1, 0.15) is 0 Å². The number of nitrogens with one attached hydrogen (secondary N) is 2. The van der Waals surface area contributed by atoms with Crippen LogP contribution in [-0.4, -0.2) is 40.3 Å². The van der Waals surface area contributed by atoms with Crippen LogP contribution in [0.25, 0.3) is 10.9 Å². The van der Waals surface area contributed by atoms with Gasteiger partial charge < -0.3 is 15.2 Å². The van der Waals surface area contributed by atoms with Gasteiger partial charge in [0.2, 0.25) is 5.91 Å². The number of piperidine rings is 1. The molecule has 1 spiro atoms. The Labute approximate surface area is 163 Å². The molecule has 142 valence electrons. The van der Waals surface area contributed by atoms with Crippen LogP contribution in [0, 0.1) is 0 Å². The van der Waals surface area contributed by atoms with Crippen molar-refractivity contribution in [2.75, 3.05) is 13.1 Å². The zero-order chi connectivity index (χ0) is 19.1. The monoisotopic (exact) mass is 373 g/mol. The molecule has 2 aliphatic heterocycles. The molecule has 0 saturated carbocycles. The molecule has 28 heavy (non-hydrogen) atoms. The maximum absolute atomic E-state index is 12.9. The lowest BCUT2D eigenvalue weighted by Gasteiger charge is -2.39. The lowest BCUT2D eigenvalue weighted by atomic mass is 9.82. The molecule has 1 atom stereocenters. The first-order valence-corrected chi connectivity index (χ1v) is 9.87. The van der Waals surface area contributed by atoms with E-state index in [-0.39, 0.29) is 23.3 Å². The Kier molecular flexibility index (Phi) is 3.97. The molecular formula is C23H23N3O2. The van der Waals surface area contributed by atoms with Crippen LogP contribution in [-0.2, 0) is 4.79 Å². The molecule has 2 fully saturated rings. The van der Waals surface area contributed by atoms with Crippen molar-refractivity contribution >= 4 is 22.7 Å². The first-order chi connectivity index (χ1) is 13.6. The quantitative estimate of drug-likeness (QED) is 0.723. The van der Waals surface area contributed by atoms with Gasteiger partial charge >= 0.3 is 0 Å². The fourth-order valence-electron chi connectivity index (χ4n) is 4.67. The molecule has 0 bridgehead atoms. The number of benzene rings is 2. The van der Waals surface area contributed by atoms with E-state index >= 15 is 0 Å². The molecular weight excluding hydrogens is 350 g/mol. The highest BCUT2D eigenvalue weighted by Crippen LogP contribution is 2.39. The highest BCUT2D eigenvalue weighted by atomic mass is 16.2. The number of rotatable bonds is 2. The maximum Gasteiger partial charge on any atom is 0.253 e. The zero-order valence-electron chi connectivity index (χ0n) is 15.7. The number of nitrogens with zero attached hydrogens (tertiary/aromatic N) is 1. The number of carbonyl (C=O) groups excluding carboxylic acids is 2. The van der Waals surface area contributed by atoms with Crippen molar-refractivity contribution in [1.29, 1.82) is 0 Å². The van der Waals surface area contributed by atoms with Gasteiger partial charge in [0.15, 0.2) is 0 Å². The van der Waals surface area contributed by atoms with Crippen molar-refractivity contribution in [3.63, 3.8) is 0 Å². The topological polar surface area (TPSA) is 65.2 Å². The Morgan fingerprint density at radius 2 is 1.82 bits per heavy atom. The number of hydrogen-bond acceptors (Lipinski definition) is 2. The number of H-pyrrole nitrogens is 1. The van der Waals surface area contributed by atoms with E-state index in [2.05, 4.69) is 10.3 Å². The predicted molar refractivity (Wildman–Crippen MR) is 108 cm³/mol. The van der Waals surface area contributed by atoms with Crippen LogP contribution in [0.2, 0.25) is 0 Å². The van der Waals surface area contributed by atoms with Crippen LogP contribution in [0.1, 0.15) is 41.1 Å². The summed E-state index contributed by atoms with van der Waals surface area (Å²) in [5.74, 6) is 0.102. The summed E-state index contributed by atoms with van der Waals surface area (Å²) < 4.78 is 0. The van der Waals surface area contributed by atoms with E-state index in [0.717, 1.165) is 41.3 Å². The lowest BCUT2D eigenvalue weighted by Crippen LogP contribution is -2.52.